The minimum atomic E-state index is -0.706. The molecule has 1 unspecified atom stereocenters. The predicted octanol–water partition coefficient (Wildman–Crippen LogP) is 4.40. The zero-order chi connectivity index (χ0) is 28.3. The fraction of sp³-hybridized carbons (Fsp3) is 0.300. The third-order valence-electron chi connectivity index (χ3n) is 6.90. The van der Waals surface area contributed by atoms with Crippen molar-refractivity contribution in [2.45, 2.75) is 33.4 Å². The summed E-state index contributed by atoms with van der Waals surface area (Å²) >= 11 is 0. The Hall–Kier alpha value is -4.24. The maximum atomic E-state index is 13.4. The van der Waals surface area contributed by atoms with E-state index in [9.17, 15) is 19.1 Å². The van der Waals surface area contributed by atoms with E-state index >= 15 is 0 Å². The molecule has 3 aromatic rings. The highest BCUT2D eigenvalue weighted by atomic mass is 19.1. The number of halogens is 1. The first-order chi connectivity index (χ1) is 18.5. The molecule has 0 bridgehead atoms. The Balaban J connectivity index is 1.66. The van der Waals surface area contributed by atoms with Crippen LogP contribution in [0.2, 0.25) is 0 Å². The number of anilines is 1. The lowest BCUT2D eigenvalue weighted by Gasteiger charge is -2.42. The van der Waals surface area contributed by atoms with Crippen LogP contribution in [0.25, 0.3) is 0 Å². The van der Waals surface area contributed by atoms with Crippen molar-refractivity contribution in [3.8, 4) is 0 Å². The molecule has 0 saturated carbocycles. The van der Waals surface area contributed by atoms with Gasteiger partial charge in [0.05, 0.1) is 12.6 Å². The van der Waals surface area contributed by atoms with Gasteiger partial charge in [-0.25, -0.2) is 4.39 Å². The highest BCUT2D eigenvalue weighted by molar-refractivity contribution is 6.48. The number of aliphatic hydroxyl groups is 1. The maximum absolute atomic E-state index is 13.4. The molecule has 39 heavy (non-hydrogen) atoms. The molecule has 1 aliphatic rings. The normalized spacial score (nSPS) is 15.6. The van der Waals surface area contributed by atoms with Crippen LogP contribution in [0.1, 0.15) is 48.5 Å². The second kappa shape index (κ2) is 11.2. The summed E-state index contributed by atoms with van der Waals surface area (Å²) in [5, 5.41) is 24.9. The molecule has 2 heterocycles. The van der Waals surface area contributed by atoms with Crippen LogP contribution < -0.4 is 10.6 Å². The molecule has 2 aromatic carbocycles. The van der Waals surface area contributed by atoms with Crippen LogP contribution in [-0.2, 0) is 18.4 Å². The summed E-state index contributed by atoms with van der Waals surface area (Å²) in [6.07, 6.45) is 1.09. The molecule has 4 N–H and O–H groups in total. The number of hydrogen-bond acceptors (Lipinski definition) is 5. The summed E-state index contributed by atoms with van der Waals surface area (Å²) in [5.74, 6) is -1.15. The average molecular weight is 532 g/mol. The quantitative estimate of drug-likeness (QED) is 0.323. The molecule has 1 aromatic heterocycles. The molecule has 8 nitrogen and oxygen atoms in total. The molecule has 0 aliphatic carbocycles. The van der Waals surface area contributed by atoms with Crippen molar-refractivity contribution in [2.24, 2.45) is 12.5 Å². The number of nitrogens with one attached hydrogen (secondary N) is 3. The van der Waals surface area contributed by atoms with Gasteiger partial charge in [0.15, 0.2) is 0 Å². The number of carbonyl (C=O) groups is 2. The highest BCUT2D eigenvalue weighted by Gasteiger charge is 2.39. The van der Waals surface area contributed by atoms with Crippen LogP contribution in [0.3, 0.4) is 0 Å². The van der Waals surface area contributed by atoms with Crippen LogP contribution in [0, 0.1) is 16.6 Å². The Labute approximate surface area is 227 Å². The molecule has 4 rings (SSSR count). The van der Waals surface area contributed by atoms with E-state index in [4.69, 9.17) is 5.41 Å². The number of nitrogens with zero attached hydrogens (tertiary/aromatic N) is 2. The van der Waals surface area contributed by atoms with Gasteiger partial charge in [-0.2, -0.15) is 0 Å². The number of aromatic nitrogens is 1. The number of aliphatic hydroxyl groups excluding tert-OH is 1. The van der Waals surface area contributed by atoms with Crippen molar-refractivity contribution in [1.82, 2.24) is 14.8 Å². The van der Waals surface area contributed by atoms with Gasteiger partial charge in [-0.3, -0.25) is 15.0 Å². The summed E-state index contributed by atoms with van der Waals surface area (Å²) in [5.41, 5.74) is 2.64. The second-order valence-electron chi connectivity index (χ2n) is 10.5. The molecular formula is C30H34FN5O3. The molecule has 0 spiro atoms. The van der Waals surface area contributed by atoms with Gasteiger partial charge >= 0.3 is 0 Å². The number of benzene rings is 2. The van der Waals surface area contributed by atoms with E-state index in [1.165, 1.54) is 12.1 Å². The Morgan fingerprint density at radius 2 is 1.85 bits per heavy atom. The van der Waals surface area contributed by atoms with Crippen molar-refractivity contribution in [1.29, 1.82) is 5.41 Å². The highest BCUT2D eigenvalue weighted by Crippen LogP contribution is 2.34. The van der Waals surface area contributed by atoms with Gasteiger partial charge in [0.1, 0.15) is 17.2 Å². The molecule has 0 saturated heterocycles. The van der Waals surface area contributed by atoms with E-state index in [-0.39, 0.29) is 24.0 Å². The predicted molar refractivity (Wildman–Crippen MR) is 149 cm³/mol. The number of hydrogen-bond donors (Lipinski definition) is 4. The molecule has 0 radical (unpaired) electrons. The Morgan fingerprint density at radius 3 is 2.49 bits per heavy atom. The van der Waals surface area contributed by atoms with Crippen molar-refractivity contribution in [2.75, 3.05) is 18.4 Å². The first-order valence-corrected chi connectivity index (χ1v) is 12.8. The standard InChI is InChI=1S/C30H34FN5O3/c1-19(37)21-7-5-8-23(15-21)34-28(38)26(32)24-17-36(29(39)25-9-6-14-35(25)4)18-30(2,3)27(24)33-16-20-10-12-22(31)13-11-20/h5-15,19,32-33,37H,16-18H2,1-4H3,(H,34,38). The minimum absolute atomic E-state index is 0.0686. The van der Waals surface area contributed by atoms with Crippen LogP contribution in [-0.4, -0.2) is 45.2 Å². The third-order valence-corrected chi connectivity index (χ3v) is 6.90. The minimum Gasteiger partial charge on any atom is -0.389 e. The number of amides is 2. The topological polar surface area (TPSA) is 110 Å². The van der Waals surface area contributed by atoms with Gasteiger partial charge in [0.25, 0.3) is 11.8 Å². The van der Waals surface area contributed by atoms with Gasteiger partial charge < -0.3 is 25.2 Å². The summed E-state index contributed by atoms with van der Waals surface area (Å²) in [7, 11) is 1.80. The maximum Gasteiger partial charge on any atom is 0.273 e. The first-order valence-electron chi connectivity index (χ1n) is 12.8. The van der Waals surface area contributed by atoms with Gasteiger partial charge in [-0.1, -0.05) is 38.1 Å². The second-order valence-corrected chi connectivity index (χ2v) is 10.5. The molecule has 1 aliphatic heterocycles. The van der Waals surface area contributed by atoms with E-state index in [1.807, 2.05) is 13.8 Å². The zero-order valence-electron chi connectivity index (χ0n) is 22.6. The van der Waals surface area contributed by atoms with Crippen LogP contribution in [0.15, 0.2) is 78.1 Å². The monoisotopic (exact) mass is 531 g/mol. The summed E-state index contributed by atoms with van der Waals surface area (Å²) < 4.78 is 15.2. The van der Waals surface area contributed by atoms with E-state index < -0.39 is 17.4 Å². The molecule has 1 atom stereocenters. The fourth-order valence-electron chi connectivity index (χ4n) is 4.83. The average Bonchev–Trinajstić information content (AvgIpc) is 3.33. The number of carbonyl (C=O) groups excluding carboxylic acids is 2. The molecule has 2 amide bonds. The van der Waals surface area contributed by atoms with E-state index in [2.05, 4.69) is 10.6 Å². The van der Waals surface area contributed by atoms with Crippen LogP contribution >= 0.6 is 0 Å². The van der Waals surface area contributed by atoms with E-state index in [0.29, 0.717) is 41.3 Å². The molecule has 9 heteroatoms. The third kappa shape index (κ3) is 6.26. The Kier molecular flexibility index (Phi) is 8.01. The zero-order valence-corrected chi connectivity index (χ0v) is 22.6. The lowest BCUT2D eigenvalue weighted by Crippen LogP contribution is -2.50. The Bertz CT molecular complexity index is 1420. The smallest absolute Gasteiger partial charge is 0.273 e. The largest absolute Gasteiger partial charge is 0.389 e. The summed E-state index contributed by atoms with van der Waals surface area (Å²) in [4.78, 5) is 28.4. The Morgan fingerprint density at radius 1 is 1.13 bits per heavy atom. The van der Waals surface area contributed by atoms with Crippen LogP contribution in [0.5, 0.6) is 0 Å². The number of rotatable bonds is 8. The van der Waals surface area contributed by atoms with Crippen molar-refractivity contribution < 1.29 is 19.1 Å². The first kappa shape index (κ1) is 27.8. The van der Waals surface area contributed by atoms with Gasteiger partial charge in [0, 0.05) is 48.7 Å². The molecule has 0 fully saturated rings. The van der Waals surface area contributed by atoms with Gasteiger partial charge in [-0.15, -0.1) is 0 Å². The van der Waals surface area contributed by atoms with Crippen molar-refractivity contribution >= 4 is 23.2 Å². The summed E-state index contributed by atoms with van der Waals surface area (Å²) in [6.45, 7) is 6.36. The van der Waals surface area contributed by atoms with E-state index in [1.54, 1.807) is 78.2 Å². The SMILES string of the molecule is CC(O)c1cccc(NC(=O)C(=N)C2=C(NCc3ccc(F)cc3)C(C)(C)CN(C(=O)c3cccn3C)C2)c1. The van der Waals surface area contributed by atoms with E-state index in [0.717, 1.165) is 5.56 Å². The van der Waals surface area contributed by atoms with Gasteiger partial charge in [0.2, 0.25) is 0 Å². The van der Waals surface area contributed by atoms with Gasteiger partial charge in [-0.05, 0) is 54.4 Å². The lowest BCUT2D eigenvalue weighted by atomic mass is 9.80. The molecular weight excluding hydrogens is 497 g/mol. The van der Waals surface area contributed by atoms with Crippen LogP contribution in [0.4, 0.5) is 10.1 Å². The fourth-order valence-corrected chi connectivity index (χ4v) is 4.83. The lowest BCUT2D eigenvalue weighted by molar-refractivity contribution is -0.110. The summed E-state index contributed by atoms with van der Waals surface area (Å²) in [6, 6.07) is 16.5. The van der Waals surface area contributed by atoms with Crippen molar-refractivity contribution in [3.05, 3.63) is 101 Å². The molecule has 204 valence electrons. The number of aryl methyl sites for hydroxylation is 1. The van der Waals surface area contributed by atoms with Crippen molar-refractivity contribution in [3.63, 3.8) is 0 Å².